The summed E-state index contributed by atoms with van der Waals surface area (Å²) in [5.74, 6) is 1.39. The van der Waals surface area contributed by atoms with Crippen molar-refractivity contribution in [1.82, 2.24) is 4.98 Å². The fraction of sp³-hybridized carbons (Fsp3) is 0.238. The van der Waals surface area contributed by atoms with E-state index in [0.29, 0.717) is 10.7 Å². The van der Waals surface area contributed by atoms with Crippen LogP contribution in [0.1, 0.15) is 29.8 Å². The Morgan fingerprint density at radius 3 is 2.52 bits per heavy atom. The molecule has 0 saturated heterocycles. The molecule has 1 aromatic heterocycles. The van der Waals surface area contributed by atoms with Crippen molar-refractivity contribution in [3.8, 4) is 22.8 Å². The third-order valence-electron chi connectivity index (χ3n) is 3.90. The second-order valence-corrected chi connectivity index (χ2v) is 7.23. The SMILES string of the molecule is COc1ccc(-c2csc(NC(=O)c3ccc(OC(C)C)cc3)n2)cc1C. The van der Waals surface area contributed by atoms with Crippen LogP contribution in [-0.4, -0.2) is 24.1 Å². The molecule has 1 amide bonds. The highest BCUT2D eigenvalue weighted by Crippen LogP contribution is 2.29. The standard InChI is InChI=1S/C21H22N2O3S/c1-13(2)26-17-8-5-15(6-9-17)20(24)23-21-22-18(12-27-21)16-7-10-19(25-4)14(3)11-16/h5-13H,1-4H3,(H,22,23,24). The van der Waals surface area contributed by atoms with Gasteiger partial charge >= 0.3 is 0 Å². The third-order valence-corrected chi connectivity index (χ3v) is 4.66. The van der Waals surface area contributed by atoms with E-state index in [2.05, 4.69) is 10.3 Å². The van der Waals surface area contributed by atoms with E-state index in [0.717, 1.165) is 28.3 Å². The third kappa shape index (κ3) is 4.65. The molecule has 1 heterocycles. The van der Waals surface area contributed by atoms with E-state index in [4.69, 9.17) is 9.47 Å². The second kappa shape index (κ2) is 8.22. The normalized spacial score (nSPS) is 10.7. The molecular weight excluding hydrogens is 360 g/mol. The van der Waals surface area contributed by atoms with Gasteiger partial charge < -0.3 is 9.47 Å². The number of rotatable bonds is 6. The molecule has 3 aromatic rings. The van der Waals surface area contributed by atoms with Gasteiger partial charge in [-0.3, -0.25) is 10.1 Å². The minimum atomic E-state index is -0.196. The first-order valence-electron chi connectivity index (χ1n) is 8.65. The molecule has 0 atom stereocenters. The number of carbonyl (C=O) groups is 1. The maximum atomic E-state index is 12.4. The molecule has 27 heavy (non-hydrogen) atoms. The van der Waals surface area contributed by atoms with Gasteiger partial charge in [-0.15, -0.1) is 11.3 Å². The highest BCUT2D eigenvalue weighted by molar-refractivity contribution is 7.14. The number of thiazole rings is 1. The zero-order valence-electron chi connectivity index (χ0n) is 15.8. The minimum absolute atomic E-state index is 0.0972. The first-order valence-corrected chi connectivity index (χ1v) is 9.53. The van der Waals surface area contributed by atoms with Crippen LogP contribution in [0.2, 0.25) is 0 Å². The fourth-order valence-electron chi connectivity index (χ4n) is 2.63. The summed E-state index contributed by atoms with van der Waals surface area (Å²) in [5.41, 5.74) is 3.41. The number of nitrogens with zero attached hydrogens (tertiary/aromatic N) is 1. The van der Waals surface area contributed by atoms with Crippen molar-refractivity contribution >= 4 is 22.4 Å². The molecule has 0 bridgehead atoms. The number of aryl methyl sites for hydroxylation is 1. The van der Waals surface area contributed by atoms with Gasteiger partial charge in [0, 0.05) is 16.5 Å². The van der Waals surface area contributed by atoms with Crippen molar-refractivity contribution in [1.29, 1.82) is 0 Å². The largest absolute Gasteiger partial charge is 0.496 e. The number of carbonyl (C=O) groups excluding carboxylic acids is 1. The molecule has 0 aliphatic heterocycles. The maximum absolute atomic E-state index is 12.4. The number of amides is 1. The lowest BCUT2D eigenvalue weighted by atomic mass is 10.1. The number of benzene rings is 2. The van der Waals surface area contributed by atoms with Crippen molar-refractivity contribution in [2.24, 2.45) is 0 Å². The van der Waals surface area contributed by atoms with Crippen LogP contribution in [-0.2, 0) is 0 Å². The predicted octanol–water partition coefficient (Wildman–Crippen LogP) is 5.17. The fourth-order valence-corrected chi connectivity index (χ4v) is 3.34. The Bertz CT molecular complexity index is 933. The lowest BCUT2D eigenvalue weighted by Crippen LogP contribution is -2.12. The number of nitrogens with one attached hydrogen (secondary N) is 1. The molecule has 2 aromatic carbocycles. The van der Waals surface area contributed by atoms with E-state index in [1.165, 1.54) is 11.3 Å². The van der Waals surface area contributed by atoms with Crippen LogP contribution >= 0.6 is 11.3 Å². The van der Waals surface area contributed by atoms with Gasteiger partial charge in [-0.1, -0.05) is 0 Å². The van der Waals surface area contributed by atoms with E-state index in [1.54, 1.807) is 31.4 Å². The Labute approximate surface area is 163 Å². The van der Waals surface area contributed by atoms with E-state index in [-0.39, 0.29) is 12.0 Å². The monoisotopic (exact) mass is 382 g/mol. The van der Waals surface area contributed by atoms with Gasteiger partial charge in [-0.25, -0.2) is 4.98 Å². The van der Waals surface area contributed by atoms with Crippen molar-refractivity contribution < 1.29 is 14.3 Å². The number of methoxy groups -OCH3 is 1. The van der Waals surface area contributed by atoms with Gasteiger partial charge in [-0.05, 0) is 68.8 Å². The molecule has 6 heteroatoms. The average Bonchev–Trinajstić information content (AvgIpc) is 3.10. The van der Waals surface area contributed by atoms with Crippen LogP contribution in [0.25, 0.3) is 11.3 Å². The van der Waals surface area contributed by atoms with Gasteiger partial charge in [0.1, 0.15) is 11.5 Å². The van der Waals surface area contributed by atoms with Crippen molar-refractivity contribution in [2.45, 2.75) is 26.9 Å². The molecule has 1 N–H and O–H groups in total. The highest BCUT2D eigenvalue weighted by Gasteiger charge is 2.11. The smallest absolute Gasteiger partial charge is 0.257 e. The van der Waals surface area contributed by atoms with Crippen LogP contribution in [0.3, 0.4) is 0 Å². The van der Waals surface area contributed by atoms with E-state index < -0.39 is 0 Å². The molecule has 0 aliphatic rings. The van der Waals surface area contributed by atoms with Gasteiger partial charge in [0.15, 0.2) is 5.13 Å². The summed E-state index contributed by atoms with van der Waals surface area (Å²) in [6, 6.07) is 13.0. The molecule has 3 rings (SSSR count). The zero-order valence-corrected chi connectivity index (χ0v) is 16.6. The molecule has 140 valence electrons. The summed E-state index contributed by atoms with van der Waals surface area (Å²) in [6.45, 7) is 5.92. The van der Waals surface area contributed by atoms with Gasteiger partial charge in [0.05, 0.1) is 18.9 Å². The lowest BCUT2D eigenvalue weighted by Gasteiger charge is -2.09. The van der Waals surface area contributed by atoms with Gasteiger partial charge in [0.25, 0.3) is 5.91 Å². The average molecular weight is 382 g/mol. The van der Waals surface area contributed by atoms with Gasteiger partial charge in [0.2, 0.25) is 0 Å². The summed E-state index contributed by atoms with van der Waals surface area (Å²) in [4.78, 5) is 16.9. The molecule has 0 radical (unpaired) electrons. The highest BCUT2D eigenvalue weighted by atomic mass is 32.1. The molecule has 0 saturated carbocycles. The molecule has 0 aliphatic carbocycles. The maximum Gasteiger partial charge on any atom is 0.257 e. The summed E-state index contributed by atoms with van der Waals surface area (Å²) < 4.78 is 10.9. The van der Waals surface area contributed by atoms with Crippen molar-refractivity contribution in [2.75, 3.05) is 12.4 Å². The van der Waals surface area contributed by atoms with Crippen LogP contribution in [0.4, 0.5) is 5.13 Å². The zero-order chi connectivity index (χ0) is 19.4. The first kappa shape index (κ1) is 18.9. The van der Waals surface area contributed by atoms with Crippen LogP contribution in [0.15, 0.2) is 47.8 Å². The van der Waals surface area contributed by atoms with Crippen LogP contribution < -0.4 is 14.8 Å². The summed E-state index contributed by atoms with van der Waals surface area (Å²) in [7, 11) is 1.65. The Kier molecular flexibility index (Phi) is 5.76. The second-order valence-electron chi connectivity index (χ2n) is 6.37. The predicted molar refractivity (Wildman–Crippen MR) is 109 cm³/mol. The molecule has 0 unspecified atom stereocenters. The summed E-state index contributed by atoms with van der Waals surface area (Å²) >= 11 is 1.40. The Balaban J connectivity index is 1.70. The Morgan fingerprint density at radius 2 is 1.89 bits per heavy atom. The summed E-state index contributed by atoms with van der Waals surface area (Å²) in [5, 5.41) is 5.34. The number of anilines is 1. The number of hydrogen-bond donors (Lipinski definition) is 1. The van der Waals surface area contributed by atoms with E-state index >= 15 is 0 Å². The van der Waals surface area contributed by atoms with Crippen LogP contribution in [0.5, 0.6) is 11.5 Å². The molecule has 5 nitrogen and oxygen atoms in total. The number of hydrogen-bond acceptors (Lipinski definition) is 5. The number of aromatic nitrogens is 1. The topological polar surface area (TPSA) is 60.5 Å². The molecule has 0 spiro atoms. The van der Waals surface area contributed by atoms with Crippen molar-refractivity contribution in [3.63, 3.8) is 0 Å². The minimum Gasteiger partial charge on any atom is -0.496 e. The van der Waals surface area contributed by atoms with Crippen LogP contribution in [0, 0.1) is 6.92 Å². The lowest BCUT2D eigenvalue weighted by molar-refractivity contribution is 0.102. The van der Waals surface area contributed by atoms with E-state index in [9.17, 15) is 4.79 Å². The molecule has 0 fully saturated rings. The molecular formula is C21H22N2O3S. The van der Waals surface area contributed by atoms with E-state index in [1.807, 2.05) is 44.4 Å². The first-order chi connectivity index (χ1) is 13.0. The van der Waals surface area contributed by atoms with Crippen molar-refractivity contribution in [3.05, 3.63) is 59.0 Å². The Hall–Kier alpha value is -2.86. The summed E-state index contributed by atoms with van der Waals surface area (Å²) in [6.07, 6.45) is 0.0972. The quantitative estimate of drug-likeness (QED) is 0.639. The number of ether oxygens (including phenoxy) is 2. The Morgan fingerprint density at radius 1 is 1.15 bits per heavy atom. The van der Waals surface area contributed by atoms with Gasteiger partial charge in [-0.2, -0.15) is 0 Å².